The lowest BCUT2D eigenvalue weighted by atomic mass is 10.1. The minimum absolute atomic E-state index is 0.0620. The molecule has 0 aliphatic carbocycles. The first-order chi connectivity index (χ1) is 21.6. The van der Waals surface area contributed by atoms with Crippen LogP contribution in [0.4, 0.5) is 19.3 Å². The number of urea groups is 1. The molecule has 0 unspecified atom stereocenters. The summed E-state index contributed by atoms with van der Waals surface area (Å²) in [4.78, 5) is 46.3. The molecule has 2 aliphatic rings. The van der Waals surface area contributed by atoms with E-state index in [0.29, 0.717) is 56.1 Å². The molecule has 45 heavy (non-hydrogen) atoms. The average Bonchev–Trinajstić information content (AvgIpc) is 3.62. The van der Waals surface area contributed by atoms with Crippen LogP contribution >= 0.6 is 0 Å². The van der Waals surface area contributed by atoms with Gasteiger partial charge < -0.3 is 40.2 Å². The first-order valence-electron chi connectivity index (χ1n) is 14.2. The number of benzene rings is 2. The van der Waals surface area contributed by atoms with E-state index in [2.05, 4.69) is 20.9 Å². The van der Waals surface area contributed by atoms with Crippen molar-refractivity contribution in [3.05, 3.63) is 65.1 Å². The fraction of sp³-hybridized carbons (Fsp3) is 0.367. The van der Waals surface area contributed by atoms with E-state index in [1.165, 1.54) is 29.9 Å². The van der Waals surface area contributed by atoms with Gasteiger partial charge in [0, 0.05) is 63.1 Å². The number of nitrogens with one attached hydrogen (secondary N) is 3. The molecule has 2 saturated heterocycles. The molecule has 2 aliphatic heterocycles. The summed E-state index contributed by atoms with van der Waals surface area (Å²) in [5.74, 6) is -3.74. The number of hydrogen-bond acceptors (Lipinski definition) is 8. The highest BCUT2D eigenvalue weighted by Crippen LogP contribution is 2.30. The van der Waals surface area contributed by atoms with Gasteiger partial charge >= 0.3 is 6.03 Å². The number of aliphatic hydroxyl groups excluding tert-OH is 1. The maximum Gasteiger partial charge on any atom is 0.317 e. The summed E-state index contributed by atoms with van der Waals surface area (Å²) in [6.07, 6.45) is 0.610. The van der Waals surface area contributed by atoms with Crippen molar-refractivity contribution < 1.29 is 33.0 Å². The van der Waals surface area contributed by atoms with Gasteiger partial charge in [-0.05, 0) is 42.8 Å². The summed E-state index contributed by atoms with van der Waals surface area (Å²) in [5.41, 5.74) is 1.48. The van der Waals surface area contributed by atoms with Gasteiger partial charge in [0.15, 0.2) is 24.0 Å². The number of nitrogens with zero attached hydrogens (tertiary/aromatic N) is 5. The molecule has 0 spiro atoms. The van der Waals surface area contributed by atoms with Crippen molar-refractivity contribution in [3.8, 4) is 23.1 Å². The standard InChI is InChI=1S/C30H32F2N8O5/c1-17-13-18(3-4-19(17)29(43)39-8-10-40(11-9-39)30(44)37-21-14-34-16-23(21)41)36-28(42)27-35-15-22(38(27)2)20-5-6-24(45-12-7-33)26(32)25(20)31/h3-6,13,15,21,23,34,41H,8-12,14,16H2,1-2H3,(H,36,42)(H,37,44)/t21-,23-/m1/s1. The summed E-state index contributed by atoms with van der Waals surface area (Å²) in [6.45, 7) is 3.62. The van der Waals surface area contributed by atoms with Gasteiger partial charge in [0.25, 0.3) is 11.8 Å². The number of aliphatic hydroxyl groups is 1. The SMILES string of the molecule is Cc1cc(NC(=O)c2ncc(-c3ccc(OCC#N)c(F)c3F)n2C)ccc1C(=O)N1CCN(C(=O)N[C@@H]2CNC[C@H]2O)CC1. The predicted molar refractivity (Wildman–Crippen MR) is 157 cm³/mol. The van der Waals surface area contributed by atoms with Gasteiger partial charge in [0.05, 0.1) is 24.0 Å². The van der Waals surface area contributed by atoms with Crippen LogP contribution in [0.25, 0.3) is 11.3 Å². The molecular formula is C30H32F2N8O5. The lowest BCUT2D eigenvalue weighted by Gasteiger charge is -2.35. The van der Waals surface area contributed by atoms with E-state index in [9.17, 15) is 28.3 Å². The summed E-state index contributed by atoms with van der Waals surface area (Å²) < 4.78 is 35.5. The Bertz CT molecular complexity index is 1660. The number of rotatable bonds is 7. The maximum absolute atomic E-state index is 14.8. The van der Waals surface area contributed by atoms with E-state index in [-0.39, 0.29) is 35.1 Å². The molecule has 2 atom stereocenters. The molecular weight excluding hydrogens is 590 g/mol. The Morgan fingerprint density at radius 2 is 1.84 bits per heavy atom. The first-order valence-corrected chi connectivity index (χ1v) is 14.2. The number of ether oxygens (including phenoxy) is 1. The number of halogens is 2. The number of piperazine rings is 1. The van der Waals surface area contributed by atoms with Crippen LogP contribution in [-0.2, 0) is 7.05 Å². The number of hydrogen-bond donors (Lipinski definition) is 4. The van der Waals surface area contributed by atoms with Crippen LogP contribution in [0, 0.1) is 29.9 Å². The van der Waals surface area contributed by atoms with Crippen LogP contribution < -0.4 is 20.7 Å². The van der Waals surface area contributed by atoms with Gasteiger partial charge in [-0.25, -0.2) is 14.2 Å². The molecule has 2 aromatic carbocycles. The van der Waals surface area contributed by atoms with E-state index in [1.807, 2.05) is 0 Å². The van der Waals surface area contributed by atoms with Gasteiger partial charge in [-0.3, -0.25) is 9.59 Å². The summed E-state index contributed by atoms with van der Waals surface area (Å²) in [6, 6.07) is 8.38. The molecule has 236 valence electrons. The van der Waals surface area contributed by atoms with E-state index in [1.54, 1.807) is 41.0 Å². The third-order valence-electron chi connectivity index (χ3n) is 7.87. The number of carbonyl (C=O) groups excluding carboxylic acids is 3. The molecule has 4 N–H and O–H groups in total. The number of aromatic nitrogens is 2. The summed E-state index contributed by atoms with van der Waals surface area (Å²) in [5, 5.41) is 27.1. The molecule has 1 aromatic heterocycles. The van der Waals surface area contributed by atoms with E-state index in [0.717, 1.165) is 0 Å². The van der Waals surface area contributed by atoms with E-state index in [4.69, 9.17) is 10.00 Å². The van der Waals surface area contributed by atoms with Crippen molar-refractivity contribution in [1.82, 2.24) is 30.0 Å². The largest absolute Gasteiger partial charge is 0.476 e. The summed E-state index contributed by atoms with van der Waals surface area (Å²) >= 11 is 0. The Kier molecular flexibility index (Phi) is 9.26. The van der Waals surface area contributed by atoms with Crippen LogP contribution in [0.3, 0.4) is 0 Å². The number of amides is 4. The average molecular weight is 623 g/mol. The van der Waals surface area contributed by atoms with Crippen LogP contribution in [0.5, 0.6) is 5.75 Å². The number of imidazole rings is 1. The third kappa shape index (κ3) is 6.56. The van der Waals surface area contributed by atoms with Crippen LogP contribution in [0.2, 0.25) is 0 Å². The Morgan fingerprint density at radius 1 is 1.11 bits per heavy atom. The van der Waals surface area contributed by atoms with Crippen molar-refractivity contribution in [2.24, 2.45) is 7.05 Å². The van der Waals surface area contributed by atoms with Gasteiger partial charge in [-0.1, -0.05) is 0 Å². The molecule has 5 rings (SSSR count). The Hall–Kier alpha value is -5.07. The van der Waals surface area contributed by atoms with Crippen LogP contribution in [-0.4, -0.2) is 100 Å². The lowest BCUT2D eigenvalue weighted by Crippen LogP contribution is -2.56. The minimum atomic E-state index is -1.26. The molecule has 3 aromatic rings. The van der Waals surface area contributed by atoms with Gasteiger partial charge in [0.2, 0.25) is 5.82 Å². The second-order valence-electron chi connectivity index (χ2n) is 10.8. The summed E-state index contributed by atoms with van der Waals surface area (Å²) in [7, 11) is 1.49. The molecule has 2 fully saturated rings. The molecule has 0 bridgehead atoms. The number of anilines is 1. The van der Waals surface area contributed by atoms with E-state index < -0.39 is 36.0 Å². The smallest absolute Gasteiger partial charge is 0.317 e. The second-order valence-corrected chi connectivity index (χ2v) is 10.8. The Balaban J connectivity index is 1.20. The molecule has 4 amide bonds. The zero-order valence-corrected chi connectivity index (χ0v) is 24.6. The molecule has 15 heteroatoms. The monoisotopic (exact) mass is 622 g/mol. The Labute approximate surface area is 257 Å². The van der Waals surface area contributed by atoms with Crippen molar-refractivity contribution in [2.75, 3.05) is 51.2 Å². The number of nitriles is 1. The highest BCUT2D eigenvalue weighted by molar-refractivity contribution is 6.03. The highest BCUT2D eigenvalue weighted by atomic mass is 19.2. The lowest BCUT2D eigenvalue weighted by molar-refractivity contribution is 0.0659. The highest BCUT2D eigenvalue weighted by Gasteiger charge is 2.31. The van der Waals surface area contributed by atoms with Gasteiger partial charge in [-0.15, -0.1) is 0 Å². The predicted octanol–water partition coefficient (Wildman–Crippen LogP) is 1.63. The van der Waals surface area contributed by atoms with Crippen molar-refractivity contribution in [3.63, 3.8) is 0 Å². The third-order valence-corrected chi connectivity index (χ3v) is 7.87. The van der Waals surface area contributed by atoms with E-state index >= 15 is 0 Å². The van der Waals surface area contributed by atoms with Crippen LogP contribution in [0.1, 0.15) is 26.5 Å². The normalized spacial score (nSPS) is 18.0. The zero-order valence-electron chi connectivity index (χ0n) is 24.6. The molecule has 3 heterocycles. The number of aryl methyl sites for hydroxylation is 1. The Morgan fingerprint density at radius 3 is 2.51 bits per heavy atom. The fourth-order valence-corrected chi connectivity index (χ4v) is 5.34. The zero-order chi connectivity index (χ0) is 32.2. The van der Waals surface area contributed by atoms with Gasteiger partial charge in [0.1, 0.15) is 6.07 Å². The number of carbonyl (C=O) groups is 3. The van der Waals surface area contributed by atoms with Crippen molar-refractivity contribution >= 4 is 23.5 Å². The second kappa shape index (κ2) is 13.3. The minimum Gasteiger partial charge on any atom is -0.476 e. The number of β-amino-alcohol motifs (C(OH)–C–C–N with tert-alkyl or cyclic N) is 1. The quantitative estimate of drug-likeness (QED) is 0.309. The first kappa shape index (κ1) is 31.4. The molecule has 13 nitrogen and oxygen atoms in total. The van der Waals surface area contributed by atoms with Gasteiger partial charge in [-0.2, -0.15) is 9.65 Å². The molecule has 0 saturated carbocycles. The van der Waals surface area contributed by atoms with Crippen molar-refractivity contribution in [1.29, 1.82) is 5.26 Å². The molecule has 0 radical (unpaired) electrons. The maximum atomic E-state index is 14.8. The topological polar surface area (TPSA) is 165 Å². The van der Waals surface area contributed by atoms with Crippen molar-refractivity contribution in [2.45, 2.75) is 19.1 Å². The fourth-order valence-electron chi connectivity index (χ4n) is 5.34. The van der Waals surface area contributed by atoms with Crippen LogP contribution in [0.15, 0.2) is 36.5 Å².